The molecule has 3 aliphatic carbocycles. The third-order valence-electron chi connectivity index (χ3n) is 9.73. The molecule has 3 fully saturated rings. The van der Waals surface area contributed by atoms with E-state index in [1.165, 1.54) is 128 Å². The molecule has 0 amide bonds. The van der Waals surface area contributed by atoms with Crippen LogP contribution in [0.4, 0.5) is 0 Å². The highest BCUT2D eigenvalue weighted by Crippen LogP contribution is 2.52. The van der Waals surface area contributed by atoms with Gasteiger partial charge in [-0.05, 0) is 94.3 Å². The number of nitriles is 1. The van der Waals surface area contributed by atoms with E-state index in [0.717, 1.165) is 24.4 Å². The average Bonchev–Trinajstić information content (AvgIpc) is 2.85. The molecule has 3 aliphatic rings. The lowest BCUT2D eigenvalue weighted by molar-refractivity contribution is -0.00808. The smallest absolute Gasteiger partial charge is 0.0692 e. The van der Waals surface area contributed by atoms with Crippen molar-refractivity contribution in [1.29, 1.82) is 5.26 Å². The number of hydrogen-bond donors (Lipinski definition) is 0. The van der Waals surface area contributed by atoms with Crippen molar-refractivity contribution < 1.29 is 4.74 Å². The van der Waals surface area contributed by atoms with Crippen molar-refractivity contribution in [1.82, 2.24) is 0 Å². The van der Waals surface area contributed by atoms with Gasteiger partial charge in [0.15, 0.2) is 0 Å². The maximum atomic E-state index is 10.2. The lowest BCUT2D eigenvalue weighted by Crippen LogP contribution is -2.38. The minimum atomic E-state index is -0.0133. The van der Waals surface area contributed by atoms with E-state index < -0.39 is 0 Å². The number of nitrogens with zero attached hydrogens (tertiary/aromatic N) is 1. The van der Waals surface area contributed by atoms with Gasteiger partial charge in [0, 0.05) is 6.61 Å². The molecule has 32 heavy (non-hydrogen) atoms. The van der Waals surface area contributed by atoms with Crippen molar-refractivity contribution >= 4 is 0 Å². The zero-order valence-corrected chi connectivity index (χ0v) is 21.6. The van der Waals surface area contributed by atoms with Gasteiger partial charge in [0.25, 0.3) is 0 Å². The molecule has 0 spiro atoms. The Bertz CT molecular complexity index is 528. The van der Waals surface area contributed by atoms with E-state index in [-0.39, 0.29) is 5.41 Å². The molecule has 0 atom stereocenters. The van der Waals surface area contributed by atoms with Crippen LogP contribution >= 0.6 is 0 Å². The first-order valence-corrected chi connectivity index (χ1v) is 14.7. The second kappa shape index (κ2) is 14.0. The first kappa shape index (κ1) is 26.1. The Morgan fingerprint density at radius 2 is 1.34 bits per heavy atom. The Kier molecular flexibility index (Phi) is 11.4. The van der Waals surface area contributed by atoms with Gasteiger partial charge < -0.3 is 4.74 Å². The summed E-state index contributed by atoms with van der Waals surface area (Å²) < 4.78 is 6.09. The molecular formula is C30H53NO. The van der Waals surface area contributed by atoms with Crippen molar-refractivity contribution in [2.75, 3.05) is 6.61 Å². The number of ether oxygens (including phenoxy) is 1. The van der Waals surface area contributed by atoms with Crippen LogP contribution in [0.1, 0.15) is 142 Å². The standard InChI is InChI=1S/C30H53NO/c1-3-5-7-8-9-10-25-11-13-26(14-12-25)27-19-21-30(24-31,22-20-27)28-15-17-29(18-16-28)32-23-6-4-2/h25-29H,3-23H2,1-2H3/t25?,26?,27-,28?,29?,30-. The molecule has 0 aromatic heterocycles. The van der Waals surface area contributed by atoms with E-state index in [1.54, 1.807) is 0 Å². The normalized spacial score (nSPS) is 36.0. The van der Waals surface area contributed by atoms with Crippen LogP contribution in [-0.2, 0) is 4.74 Å². The second-order valence-corrected chi connectivity index (χ2v) is 11.8. The van der Waals surface area contributed by atoms with E-state index in [0.29, 0.717) is 12.0 Å². The molecule has 0 heterocycles. The van der Waals surface area contributed by atoms with E-state index in [9.17, 15) is 5.26 Å². The molecule has 0 radical (unpaired) electrons. The average molecular weight is 444 g/mol. The maximum absolute atomic E-state index is 10.2. The van der Waals surface area contributed by atoms with Crippen LogP contribution in [-0.4, -0.2) is 12.7 Å². The highest BCUT2D eigenvalue weighted by atomic mass is 16.5. The van der Waals surface area contributed by atoms with Crippen LogP contribution in [0.15, 0.2) is 0 Å². The van der Waals surface area contributed by atoms with Gasteiger partial charge in [-0.1, -0.05) is 71.6 Å². The summed E-state index contributed by atoms with van der Waals surface area (Å²) in [5, 5.41) is 10.2. The molecule has 184 valence electrons. The van der Waals surface area contributed by atoms with Crippen LogP contribution in [0.5, 0.6) is 0 Å². The molecule has 3 saturated carbocycles. The monoisotopic (exact) mass is 443 g/mol. The quantitative estimate of drug-likeness (QED) is 0.281. The number of rotatable bonds is 12. The van der Waals surface area contributed by atoms with E-state index in [4.69, 9.17) is 4.74 Å². The predicted molar refractivity (Wildman–Crippen MR) is 135 cm³/mol. The van der Waals surface area contributed by atoms with E-state index in [1.807, 2.05) is 0 Å². The molecule has 2 heteroatoms. The number of hydrogen-bond acceptors (Lipinski definition) is 2. The molecule has 0 N–H and O–H groups in total. The Hall–Kier alpha value is -0.550. The molecule has 0 aliphatic heterocycles. The predicted octanol–water partition coefficient (Wildman–Crippen LogP) is 9.23. The van der Waals surface area contributed by atoms with Gasteiger partial charge in [-0.25, -0.2) is 0 Å². The van der Waals surface area contributed by atoms with Gasteiger partial charge in [-0.15, -0.1) is 0 Å². The summed E-state index contributed by atoms with van der Waals surface area (Å²) in [5.74, 6) is 3.52. The van der Waals surface area contributed by atoms with Crippen LogP contribution in [0, 0.1) is 40.4 Å². The Labute approximate surface area is 200 Å². The van der Waals surface area contributed by atoms with Gasteiger partial charge in [0.2, 0.25) is 0 Å². The minimum Gasteiger partial charge on any atom is -0.378 e. The van der Waals surface area contributed by atoms with Crippen molar-refractivity contribution in [3.8, 4) is 6.07 Å². The topological polar surface area (TPSA) is 33.0 Å². The van der Waals surface area contributed by atoms with Crippen molar-refractivity contribution in [3.63, 3.8) is 0 Å². The summed E-state index contributed by atoms with van der Waals surface area (Å²) >= 11 is 0. The van der Waals surface area contributed by atoms with Gasteiger partial charge in [-0.3, -0.25) is 0 Å². The van der Waals surface area contributed by atoms with Crippen molar-refractivity contribution in [2.24, 2.45) is 29.1 Å². The zero-order valence-electron chi connectivity index (χ0n) is 21.6. The van der Waals surface area contributed by atoms with E-state index in [2.05, 4.69) is 19.9 Å². The SMILES string of the molecule is CCCCCCCC1CCC([C@H]2CC[C@](C#N)(C3CCC(OCCCC)CC3)CC2)CC1. The first-order valence-electron chi connectivity index (χ1n) is 14.7. The minimum absolute atomic E-state index is 0.0133. The molecular weight excluding hydrogens is 390 g/mol. The zero-order chi connectivity index (χ0) is 22.7. The lowest BCUT2D eigenvalue weighted by atomic mass is 9.58. The fourth-order valence-corrected chi connectivity index (χ4v) is 7.40. The molecule has 3 rings (SSSR count). The van der Waals surface area contributed by atoms with Crippen LogP contribution in [0.3, 0.4) is 0 Å². The van der Waals surface area contributed by atoms with Gasteiger partial charge >= 0.3 is 0 Å². The third kappa shape index (κ3) is 7.48. The summed E-state index contributed by atoms with van der Waals surface area (Å²) in [6.07, 6.45) is 27.3. The third-order valence-corrected chi connectivity index (χ3v) is 9.73. The Balaban J connectivity index is 1.35. The summed E-state index contributed by atoms with van der Waals surface area (Å²) in [6, 6.07) is 2.88. The maximum Gasteiger partial charge on any atom is 0.0692 e. The first-order chi connectivity index (χ1) is 15.7. The van der Waals surface area contributed by atoms with Crippen molar-refractivity contribution in [3.05, 3.63) is 0 Å². The van der Waals surface area contributed by atoms with E-state index >= 15 is 0 Å². The lowest BCUT2D eigenvalue weighted by Gasteiger charge is -2.45. The van der Waals surface area contributed by atoms with Gasteiger partial charge in [0.05, 0.1) is 17.6 Å². The Morgan fingerprint density at radius 1 is 0.719 bits per heavy atom. The molecule has 0 unspecified atom stereocenters. The van der Waals surface area contributed by atoms with Crippen LogP contribution in [0.2, 0.25) is 0 Å². The largest absolute Gasteiger partial charge is 0.378 e. The van der Waals surface area contributed by atoms with Crippen molar-refractivity contribution in [2.45, 2.75) is 148 Å². The van der Waals surface area contributed by atoms with Gasteiger partial charge in [0.1, 0.15) is 0 Å². The number of unbranched alkanes of at least 4 members (excludes halogenated alkanes) is 5. The molecule has 0 aromatic carbocycles. The molecule has 0 aromatic rings. The summed E-state index contributed by atoms with van der Waals surface area (Å²) in [6.45, 7) is 5.47. The van der Waals surface area contributed by atoms with Crippen LogP contribution < -0.4 is 0 Å². The highest BCUT2D eigenvalue weighted by molar-refractivity contribution is 5.06. The summed E-state index contributed by atoms with van der Waals surface area (Å²) in [5.41, 5.74) is -0.0133. The molecule has 0 saturated heterocycles. The highest BCUT2D eigenvalue weighted by Gasteiger charge is 2.44. The summed E-state index contributed by atoms with van der Waals surface area (Å²) in [4.78, 5) is 0. The van der Waals surface area contributed by atoms with Crippen LogP contribution in [0.25, 0.3) is 0 Å². The fourth-order valence-electron chi connectivity index (χ4n) is 7.40. The molecule has 0 bridgehead atoms. The summed E-state index contributed by atoms with van der Waals surface area (Å²) in [7, 11) is 0. The Morgan fingerprint density at radius 3 is 1.97 bits per heavy atom. The van der Waals surface area contributed by atoms with Gasteiger partial charge in [-0.2, -0.15) is 5.26 Å². The fraction of sp³-hybridized carbons (Fsp3) is 0.967. The second-order valence-electron chi connectivity index (χ2n) is 11.8. The molecule has 2 nitrogen and oxygen atoms in total.